The van der Waals surface area contributed by atoms with Gasteiger partial charge in [0.25, 0.3) is 0 Å². The van der Waals surface area contributed by atoms with E-state index >= 15 is 0 Å². The van der Waals surface area contributed by atoms with Gasteiger partial charge in [-0.15, -0.1) is 11.6 Å². The molecule has 2 nitrogen and oxygen atoms in total. The highest BCUT2D eigenvalue weighted by Gasteiger charge is 2.21. The van der Waals surface area contributed by atoms with Crippen molar-refractivity contribution < 1.29 is 9.47 Å². The van der Waals surface area contributed by atoms with Gasteiger partial charge in [-0.1, -0.05) is 0 Å². The number of alkyl halides is 1. The highest BCUT2D eigenvalue weighted by molar-refractivity contribution is 6.18. The van der Waals surface area contributed by atoms with E-state index in [1.165, 1.54) is 5.56 Å². The predicted octanol–water partition coefficient (Wildman–Crippen LogP) is 3.19. The average molecular weight is 241 g/mol. The molecule has 3 heteroatoms. The Morgan fingerprint density at radius 2 is 2.31 bits per heavy atom. The molecule has 0 saturated heterocycles. The van der Waals surface area contributed by atoms with Crippen molar-refractivity contribution in [3.8, 4) is 11.5 Å². The number of fused-ring (bicyclic) bond motifs is 1. The first kappa shape index (κ1) is 11.6. The van der Waals surface area contributed by atoms with E-state index in [2.05, 4.69) is 19.1 Å². The summed E-state index contributed by atoms with van der Waals surface area (Å²) >= 11 is 5.79. The summed E-state index contributed by atoms with van der Waals surface area (Å²) in [4.78, 5) is 0. The van der Waals surface area contributed by atoms with Crippen LogP contribution in [0.25, 0.3) is 0 Å². The number of ether oxygens (including phenoxy) is 2. The smallest absolute Gasteiger partial charge is 0.123 e. The van der Waals surface area contributed by atoms with Crippen molar-refractivity contribution in [1.82, 2.24) is 0 Å². The molecule has 1 aliphatic rings. The number of halogens is 1. The molecular weight excluding hydrogens is 224 g/mol. The Morgan fingerprint density at radius 3 is 3.00 bits per heavy atom. The molecule has 0 spiro atoms. The fourth-order valence-electron chi connectivity index (χ4n) is 2.07. The van der Waals surface area contributed by atoms with Gasteiger partial charge in [0.2, 0.25) is 0 Å². The van der Waals surface area contributed by atoms with Crippen molar-refractivity contribution in [1.29, 1.82) is 0 Å². The molecule has 0 fully saturated rings. The van der Waals surface area contributed by atoms with Gasteiger partial charge in [0.05, 0.1) is 6.61 Å². The van der Waals surface area contributed by atoms with E-state index in [1.807, 2.05) is 6.92 Å². The van der Waals surface area contributed by atoms with Crippen molar-refractivity contribution in [2.24, 2.45) is 0 Å². The summed E-state index contributed by atoms with van der Waals surface area (Å²) in [6.45, 7) is 4.77. The van der Waals surface area contributed by atoms with Crippen LogP contribution in [0, 0.1) is 0 Å². The first-order valence-electron chi connectivity index (χ1n) is 5.75. The fourth-order valence-corrected chi connectivity index (χ4v) is 2.27. The molecule has 0 aromatic heterocycles. The maximum atomic E-state index is 5.79. The second-order valence-electron chi connectivity index (χ2n) is 4.07. The highest BCUT2D eigenvalue weighted by atomic mass is 35.5. The first-order chi connectivity index (χ1) is 7.74. The molecule has 1 heterocycles. The topological polar surface area (TPSA) is 18.5 Å². The minimum Gasteiger partial charge on any atom is -0.494 e. The molecule has 1 unspecified atom stereocenters. The molecule has 0 N–H and O–H groups in total. The molecule has 1 aromatic carbocycles. The highest BCUT2D eigenvalue weighted by Crippen LogP contribution is 2.35. The molecule has 0 saturated carbocycles. The predicted molar refractivity (Wildman–Crippen MR) is 65.8 cm³/mol. The summed E-state index contributed by atoms with van der Waals surface area (Å²) in [7, 11) is 0. The lowest BCUT2D eigenvalue weighted by Crippen LogP contribution is -2.05. The zero-order valence-corrected chi connectivity index (χ0v) is 10.5. The molecule has 2 rings (SSSR count). The Hall–Kier alpha value is -0.890. The maximum absolute atomic E-state index is 5.79. The van der Waals surface area contributed by atoms with Gasteiger partial charge in [0, 0.05) is 17.9 Å². The number of hydrogen-bond donors (Lipinski definition) is 0. The lowest BCUT2D eigenvalue weighted by Gasteiger charge is -2.11. The van der Waals surface area contributed by atoms with Crippen LogP contribution in [0.2, 0.25) is 0 Å². The summed E-state index contributed by atoms with van der Waals surface area (Å²) in [6, 6.07) is 4.18. The third-order valence-electron chi connectivity index (χ3n) is 2.74. The number of aryl methyl sites for hydroxylation is 1. The van der Waals surface area contributed by atoms with E-state index in [9.17, 15) is 0 Å². The van der Waals surface area contributed by atoms with Crippen LogP contribution in [-0.2, 0) is 12.8 Å². The molecule has 1 aliphatic heterocycles. The van der Waals surface area contributed by atoms with Crippen molar-refractivity contribution in [3.05, 3.63) is 23.3 Å². The summed E-state index contributed by atoms with van der Waals surface area (Å²) in [5.74, 6) is 2.56. The zero-order valence-electron chi connectivity index (χ0n) is 9.75. The van der Waals surface area contributed by atoms with Crippen LogP contribution in [0.5, 0.6) is 11.5 Å². The summed E-state index contributed by atoms with van der Waals surface area (Å²) < 4.78 is 11.4. The molecule has 1 atom stereocenters. The van der Waals surface area contributed by atoms with Crippen LogP contribution in [-0.4, -0.2) is 18.6 Å². The molecule has 0 bridgehead atoms. The van der Waals surface area contributed by atoms with E-state index in [0.29, 0.717) is 12.5 Å². The van der Waals surface area contributed by atoms with E-state index < -0.39 is 0 Å². The van der Waals surface area contributed by atoms with E-state index in [-0.39, 0.29) is 6.10 Å². The number of hydrogen-bond acceptors (Lipinski definition) is 2. The third-order valence-corrected chi connectivity index (χ3v) is 2.93. The molecule has 0 aliphatic carbocycles. The molecule has 0 amide bonds. The monoisotopic (exact) mass is 240 g/mol. The lowest BCUT2D eigenvalue weighted by molar-refractivity contribution is 0.254. The van der Waals surface area contributed by atoms with Crippen LogP contribution in [0.1, 0.15) is 25.0 Å². The van der Waals surface area contributed by atoms with Gasteiger partial charge in [-0.2, -0.15) is 0 Å². The van der Waals surface area contributed by atoms with Crippen molar-refractivity contribution in [2.45, 2.75) is 32.8 Å². The molecule has 88 valence electrons. The summed E-state index contributed by atoms with van der Waals surface area (Å²) in [5.41, 5.74) is 2.39. The Morgan fingerprint density at radius 1 is 1.50 bits per heavy atom. The normalized spacial score (nSPS) is 18.1. The standard InChI is InChI=1S/C13H17ClO2/c1-3-15-12-8-11-6-9(2)16-13(11)7-10(12)4-5-14/h7-9H,3-6H2,1-2H3. The van der Waals surface area contributed by atoms with Gasteiger partial charge >= 0.3 is 0 Å². The summed E-state index contributed by atoms with van der Waals surface area (Å²) in [6.07, 6.45) is 2.06. The fraction of sp³-hybridized carbons (Fsp3) is 0.538. The molecule has 16 heavy (non-hydrogen) atoms. The third kappa shape index (κ3) is 2.27. The minimum absolute atomic E-state index is 0.274. The minimum atomic E-state index is 0.274. The Kier molecular flexibility index (Phi) is 3.59. The average Bonchev–Trinajstić information content (AvgIpc) is 2.58. The van der Waals surface area contributed by atoms with Crippen LogP contribution in [0.15, 0.2) is 12.1 Å². The number of benzene rings is 1. The SMILES string of the molecule is CCOc1cc2c(cc1CCCl)OC(C)C2. The van der Waals surface area contributed by atoms with Crippen LogP contribution < -0.4 is 9.47 Å². The van der Waals surface area contributed by atoms with Gasteiger partial charge in [0.1, 0.15) is 17.6 Å². The van der Waals surface area contributed by atoms with Gasteiger partial charge in [0.15, 0.2) is 0 Å². The van der Waals surface area contributed by atoms with Gasteiger partial charge in [-0.3, -0.25) is 0 Å². The Balaban J connectivity index is 2.33. The van der Waals surface area contributed by atoms with Gasteiger partial charge < -0.3 is 9.47 Å². The van der Waals surface area contributed by atoms with Gasteiger partial charge in [-0.05, 0) is 38.0 Å². The van der Waals surface area contributed by atoms with Crippen molar-refractivity contribution in [2.75, 3.05) is 12.5 Å². The lowest BCUT2D eigenvalue weighted by atomic mass is 10.1. The largest absolute Gasteiger partial charge is 0.494 e. The maximum Gasteiger partial charge on any atom is 0.123 e. The van der Waals surface area contributed by atoms with Crippen LogP contribution in [0.3, 0.4) is 0 Å². The van der Waals surface area contributed by atoms with Crippen LogP contribution >= 0.6 is 11.6 Å². The van der Waals surface area contributed by atoms with Gasteiger partial charge in [-0.25, -0.2) is 0 Å². The van der Waals surface area contributed by atoms with Crippen molar-refractivity contribution >= 4 is 11.6 Å². The number of rotatable bonds is 4. The van der Waals surface area contributed by atoms with E-state index in [0.717, 1.165) is 29.9 Å². The first-order valence-corrected chi connectivity index (χ1v) is 6.29. The quantitative estimate of drug-likeness (QED) is 0.753. The van der Waals surface area contributed by atoms with E-state index in [4.69, 9.17) is 21.1 Å². The Bertz CT molecular complexity index is 341. The zero-order chi connectivity index (χ0) is 11.5. The van der Waals surface area contributed by atoms with E-state index in [1.54, 1.807) is 0 Å². The second kappa shape index (κ2) is 4.96. The molecule has 1 aromatic rings. The van der Waals surface area contributed by atoms with Crippen molar-refractivity contribution in [3.63, 3.8) is 0 Å². The van der Waals surface area contributed by atoms with Crippen LogP contribution in [0.4, 0.5) is 0 Å². The molecule has 0 radical (unpaired) electrons. The summed E-state index contributed by atoms with van der Waals surface area (Å²) in [5, 5.41) is 0. The second-order valence-corrected chi connectivity index (χ2v) is 4.45. The molecular formula is C13H17ClO2. The Labute approximate surface area is 102 Å².